The number of esters is 1. The Balaban J connectivity index is 1.22. The van der Waals surface area contributed by atoms with Crippen LogP contribution in [-0.4, -0.2) is 49.8 Å². The second kappa shape index (κ2) is 19.4. The molecule has 1 unspecified atom stereocenters. The second-order valence-corrected chi connectivity index (χ2v) is 15.6. The van der Waals surface area contributed by atoms with Crippen LogP contribution in [0.4, 0.5) is 4.79 Å². The number of alkyl carbamates (subject to hydrolysis) is 1. The molecule has 0 saturated carbocycles. The van der Waals surface area contributed by atoms with E-state index < -0.39 is 42.2 Å². The van der Waals surface area contributed by atoms with Crippen molar-refractivity contribution in [3.05, 3.63) is 131 Å². The normalized spacial score (nSPS) is 20.4. The summed E-state index contributed by atoms with van der Waals surface area (Å²) >= 11 is 0. The molecule has 1 aliphatic carbocycles. The van der Waals surface area contributed by atoms with E-state index in [4.69, 9.17) is 28.4 Å². The molecule has 0 radical (unpaired) electrons. The molecule has 6 atom stereocenters. The minimum absolute atomic E-state index is 0.0723. The predicted molar refractivity (Wildman–Crippen MR) is 219 cm³/mol. The summed E-state index contributed by atoms with van der Waals surface area (Å²) in [6.45, 7) is 18.9. The number of allylic oxidation sites excluding steroid dienone is 3. The van der Waals surface area contributed by atoms with Crippen molar-refractivity contribution in [3.63, 3.8) is 0 Å². The number of fused-ring (bicyclic) bond motifs is 1. The summed E-state index contributed by atoms with van der Waals surface area (Å²) in [6, 6.07) is 23.2. The Bertz CT molecular complexity index is 1840. The van der Waals surface area contributed by atoms with Crippen LogP contribution in [0, 0.1) is 11.8 Å². The Morgan fingerprint density at radius 1 is 0.946 bits per heavy atom. The van der Waals surface area contributed by atoms with Crippen LogP contribution < -0.4 is 10.1 Å². The molecule has 0 bridgehead atoms. The van der Waals surface area contributed by atoms with Crippen LogP contribution in [0.2, 0.25) is 0 Å². The van der Waals surface area contributed by atoms with E-state index in [2.05, 4.69) is 37.0 Å². The molecule has 0 spiro atoms. The fraction of sp³-hybridized carbons (Fsp3) is 0.447. The monoisotopic (exact) mass is 765 g/mol. The lowest BCUT2D eigenvalue weighted by molar-refractivity contribution is -0.164. The van der Waals surface area contributed by atoms with Crippen LogP contribution in [0.1, 0.15) is 101 Å². The first kappa shape index (κ1) is 42.4. The highest BCUT2D eigenvalue weighted by Crippen LogP contribution is 2.44. The number of nitrogens with one attached hydrogen (secondary N) is 1. The number of ether oxygens (including phenoxy) is 6. The van der Waals surface area contributed by atoms with E-state index >= 15 is 0 Å². The van der Waals surface area contributed by atoms with Crippen LogP contribution in [0.25, 0.3) is 5.57 Å². The number of hydrogen-bond acceptors (Lipinski definition) is 8. The highest BCUT2D eigenvalue weighted by molar-refractivity contribution is 5.84. The van der Waals surface area contributed by atoms with Crippen molar-refractivity contribution in [3.8, 4) is 5.75 Å². The summed E-state index contributed by atoms with van der Waals surface area (Å²) < 4.78 is 36.2. The zero-order chi connectivity index (χ0) is 40.4. The number of methoxy groups -OCH3 is 1. The van der Waals surface area contributed by atoms with Gasteiger partial charge in [-0.25, -0.2) is 9.59 Å². The van der Waals surface area contributed by atoms with E-state index in [1.807, 2.05) is 108 Å². The van der Waals surface area contributed by atoms with E-state index in [0.717, 1.165) is 44.7 Å². The Hall–Kier alpha value is -4.70. The molecule has 5 rings (SSSR count). The minimum atomic E-state index is -0.902. The topological polar surface area (TPSA) is 102 Å². The quantitative estimate of drug-likeness (QED) is 0.101. The molecule has 1 amide bonds. The Labute approximate surface area is 333 Å². The number of benzene rings is 3. The number of carbonyl (C=O) groups excluding carboxylic acids is 2. The van der Waals surface area contributed by atoms with Gasteiger partial charge in [-0.15, -0.1) is 6.58 Å². The smallest absolute Gasteiger partial charge is 0.407 e. The van der Waals surface area contributed by atoms with Gasteiger partial charge < -0.3 is 33.7 Å². The summed E-state index contributed by atoms with van der Waals surface area (Å²) in [5.74, 6) is -0.834. The van der Waals surface area contributed by atoms with Crippen LogP contribution in [0.5, 0.6) is 5.75 Å². The summed E-state index contributed by atoms with van der Waals surface area (Å²) in [5, 5.41) is 2.82. The second-order valence-electron chi connectivity index (χ2n) is 15.6. The first-order chi connectivity index (χ1) is 26.8. The highest BCUT2D eigenvalue weighted by Gasteiger charge is 2.47. The maximum atomic E-state index is 13.9. The van der Waals surface area contributed by atoms with Gasteiger partial charge in [0, 0.05) is 18.3 Å². The molecule has 0 aromatic heterocycles. The van der Waals surface area contributed by atoms with Crippen molar-refractivity contribution in [1.82, 2.24) is 5.32 Å². The van der Waals surface area contributed by atoms with E-state index in [1.165, 1.54) is 0 Å². The average molecular weight is 766 g/mol. The lowest BCUT2D eigenvalue weighted by Gasteiger charge is -2.31. The Morgan fingerprint density at radius 3 is 2.23 bits per heavy atom. The largest absolute Gasteiger partial charge is 0.497 e. The van der Waals surface area contributed by atoms with Gasteiger partial charge in [0.2, 0.25) is 0 Å². The van der Waals surface area contributed by atoms with Crippen molar-refractivity contribution in [1.29, 1.82) is 0 Å². The molecule has 2 aliphatic rings. The van der Waals surface area contributed by atoms with Gasteiger partial charge in [-0.05, 0) is 85.6 Å². The molecule has 1 saturated heterocycles. The average Bonchev–Trinajstić information content (AvgIpc) is 3.65. The zero-order valence-corrected chi connectivity index (χ0v) is 34.2. The fourth-order valence-electron chi connectivity index (χ4n) is 7.53. The molecule has 1 fully saturated rings. The van der Waals surface area contributed by atoms with Crippen molar-refractivity contribution in [2.24, 2.45) is 11.8 Å². The molecule has 300 valence electrons. The minimum Gasteiger partial charge on any atom is -0.497 e. The molecule has 1 aliphatic heterocycles. The number of amides is 1. The van der Waals surface area contributed by atoms with E-state index in [1.54, 1.807) is 13.2 Å². The summed E-state index contributed by atoms with van der Waals surface area (Å²) in [6.07, 6.45) is 4.53. The molecule has 3 aromatic carbocycles. The van der Waals surface area contributed by atoms with Crippen LogP contribution >= 0.6 is 0 Å². The third kappa shape index (κ3) is 10.8. The standard InChI is InChI=1S/C47H59NO8/c1-10-14-37-31(5)40(39-17-13-12-16-38(37)39)29-53-46(50)48-41(26-30(3)4)45(49)54-42(15-11-2)32(6)43-44(56-47(7,8)55-43)35-22-18-33(19-23-35)27-52-28-34-20-24-36(51-9)25-21-34/h10-14,16-25,30,32,40-44H,2,15,26-29H2,1,3-9H3,(H,48,50)/b14-10-/t32-,40?,41-,42-,43+,44+/m0/s1. The third-order valence-electron chi connectivity index (χ3n) is 10.5. The zero-order valence-electron chi connectivity index (χ0n) is 34.2. The molecule has 9 heteroatoms. The number of carbonyl (C=O) groups is 2. The Morgan fingerprint density at radius 2 is 1.61 bits per heavy atom. The lowest BCUT2D eigenvalue weighted by atomic mass is 9.89. The number of hydrogen-bond donors (Lipinski definition) is 1. The van der Waals surface area contributed by atoms with E-state index in [0.29, 0.717) is 26.1 Å². The molecule has 1 heterocycles. The lowest BCUT2D eigenvalue weighted by Crippen LogP contribution is -2.46. The molecular weight excluding hydrogens is 707 g/mol. The maximum absolute atomic E-state index is 13.9. The van der Waals surface area contributed by atoms with Gasteiger partial charge in [0.1, 0.15) is 30.6 Å². The predicted octanol–water partition coefficient (Wildman–Crippen LogP) is 10.0. The van der Waals surface area contributed by atoms with Gasteiger partial charge in [-0.3, -0.25) is 0 Å². The van der Waals surface area contributed by atoms with E-state index in [9.17, 15) is 9.59 Å². The van der Waals surface area contributed by atoms with Gasteiger partial charge >= 0.3 is 12.1 Å². The summed E-state index contributed by atoms with van der Waals surface area (Å²) in [5.41, 5.74) is 7.60. The van der Waals surface area contributed by atoms with Gasteiger partial charge in [0.25, 0.3) is 0 Å². The fourth-order valence-corrected chi connectivity index (χ4v) is 7.53. The van der Waals surface area contributed by atoms with Gasteiger partial charge in [0.05, 0.1) is 26.4 Å². The molecule has 56 heavy (non-hydrogen) atoms. The molecule has 3 aromatic rings. The van der Waals surface area contributed by atoms with Crippen molar-refractivity contribution in [2.45, 2.75) is 111 Å². The molecule has 1 N–H and O–H groups in total. The third-order valence-corrected chi connectivity index (χ3v) is 10.5. The van der Waals surface area contributed by atoms with Crippen molar-refractivity contribution < 1.29 is 38.0 Å². The maximum Gasteiger partial charge on any atom is 0.407 e. The van der Waals surface area contributed by atoms with E-state index in [-0.39, 0.29) is 24.4 Å². The molecular formula is C47H59NO8. The van der Waals surface area contributed by atoms with Gasteiger partial charge in [-0.1, -0.05) is 105 Å². The van der Waals surface area contributed by atoms with Gasteiger partial charge in [0.15, 0.2) is 5.79 Å². The van der Waals surface area contributed by atoms with Crippen LogP contribution in [0.15, 0.2) is 103 Å². The van der Waals surface area contributed by atoms with Crippen molar-refractivity contribution >= 4 is 17.6 Å². The van der Waals surface area contributed by atoms with Gasteiger partial charge in [-0.2, -0.15) is 0 Å². The first-order valence-electron chi connectivity index (χ1n) is 19.7. The summed E-state index contributed by atoms with van der Waals surface area (Å²) in [7, 11) is 1.65. The number of rotatable bonds is 18. The van der Waals surface area contributed by atoms with Crippen LogP contribution in [-0.2, 0) is 41.7 Å². The summed E-state index contributed by atoms with van der Waals surface area (Å²) in [4.78, 5) is 27.2. The first-order valence-corrected chi connectivity index (χ1v) is 19.7. The SMILES string of the molecule is C=CC[C@H](OC(=O)[C@H](CC(C)C)NC(=O)OCC1C(C)=C(/C=C\C)c2ccccc21)[C@H](C)[C@H]1OC(C)(C)O[C@@H]1c1ccc(COCc2ccc(OC)cc2)cc1. The molecule has 9 nitrogen and oxygen atoms in total. The Kier molecular flexibility index (Phi) is 14.7. The van der Waals surface area contributed by atoms with Crippen LogP contribution in [0.3, 0.4) is 0 Å². The van der Waals surface area contributed by atoms with Crippen molar-refractivity contribution in [2.75, 3.05) is 13.7 Å². The highest BCUT2D eigenvalue weighted by atomic mass is 16.8.